The maximum absolute atomic E-state index is 12.4. The Kier molecular flexibility index (Phi) is 4.76. The van der Waals surface area contributed by atoms with Gasteiger partial charge >= 0.3 is 0 Å². The number of nitrogens with one attached hydrogen (secondary N) is 1. The van der Waals surface area contributed by atoms with E-state index in [-0.39, 0.29) is 17.9 Å². The first-order valence-electron chi connectivity index (χ1n) is 8.33. The highest BCUT2D eigenvalue weighted by Crippen LogP contribution is 2.23. The number of carbonyl (C=O) groups excluding carboxylic acids is 2. The van der Waals surface area contributed by atoms with Crippen molar-refractivity contribution in [1.29, 1.82) is 0 Å². The van der Waals surface area contributed by atoms with Crippen LogP contribution in [0, 0.1) is 5.92 Å². The molecule has 4 nitrogen and oxygen atoms in total. The molecule has 2 aromatic rings. The van der Waals surface area contributed by atoms with E-state index in [1.165, 1.54) is 10.5 Å². The minimum Gasteiger partial charge on any atom is -0.308 e. The third-order valence-electron chi connectivity index (χ3n) is 4.40. The lowest BCUT2D eigenvalue weighted by molar-refractivity contribution is 0.0654. The monoisotopic (exact) mass is 322 g/mol. The Balaban J connectivity index is 1.64. The van der Waals surface area contributed by atoms with Gasteiger partial charge in [-0.05, 0) is 23.6 Å². The van der Waals surface area contributed by atoms with Gasteiger partial charge in [-0.15, -0.1) is 0 Å². The molecule has 1 heterocycles. The Morgan fingerprint density at radius 2 is 1.42 bits per heavy atom. The third-order valence-corrected chi connectivity index (χ3v) is 4.40. The number of amides is 2. The molecule has 2 aromatic carbocycles. The SMILES string of the molecule is CC(C)[C@@H](NCCN1C(=O)c2ccccc2C1=O)c1ccccc1. The van der Waals surface area contributed by atoms with Gasteiger partial charge < -0.3 is 5.32 Å². The van der Waals surface area contributed by atoms with E-state index in [0.29, 0.717) is 30.1 Å². The minimum atomic E-state index is -0.196. The highest BCUT2D eigenvalue weighted by molar-refractivity contribution is 6.21. The molecule has 0 saturated heterocycles. The van der Waals surface area contributed by atoms with Crippen molar-refractivity contribution in [1.82, 2.24) is 10.2 Å². The number of hydrogen-bond donors (Lipinski definition) is 1. The molecule has 1 aliphatic heterocycles. The normalized spacial score (nSPS) is 15.0. The summed E-state index contributed by atoms with van der Waals surface area (Å²) in [6.07, 6.45) is 0. The quantitative estimate of drug-likeness (QED) is 0.831. The van der Waals surface area contributed by atoms with E-state index in [1.54, 1.807) is 24.3 Å². The first-order chi connectivity index (χ1) is 11.6. The molecule has 1 aliphatic rings. The Morgan fingerprint density at radius 3 is 1.96 bits per heavy atom. The zero-order chi connectivity index (χ0) is 17.1. The van der Waals surface area contributed by atoms with E-state index in [2.05, 4.69) is 31.3 Å². The van der Waals surface area contributed by atoms with Crippen LogP contribution in [0.25, 0.3) is 0 Å². The lowest BCUT2D eigenvalue weighted by atomic mass is 9.96. The lowest BCUT2D eigenvalue weighted by Crippen LogP contribution is -2.38. The molecule has 0 radical (unpaired) electrons. The van der Waals surface area contributed by atoms with Crippen molar-refractivity contribution in [2.75, 3.05) is 13.1 Å². The van der Waals surface area contributed by atoms with Crippen LogP contribution < -0.4 is 5.32 Å². The van der Waals surface area contributed by atoms with Gasteiger partial charge in [-0.3, -0.25) is 14.5 Å². The van der Waals surface area contributed by atoms with Crippen LogP contribution in [0.5, 0.6) is 0 Å². The molecule has 0 fully saturated rings. The molecule has 0 saturated carbocycles. The van der Waals surface area contributed by atoms with Gasteiger partial charge in [0.1, 0.15) is 0 Å². The van der Waals surface area contributed by atoms with Crippen molar-refractivity contribution in [2.24, 2.45) is 5.92 Å². The van der Waals surface area contributed by atoms with Crippen molar-refractivity contribution in [3.63, 3.8) is 0 Å². The molecule has 4 heteroatoms. The molecule has 2 amide bonds. The van der Waals surface area contributed by atoms with E-state index in [0.717, 1.165) is 0 Å². The molecule has 24 heavy (non-hydrogen) atoms. The summed E-state index contributed by atoms with van der Waals surface area (Å²) in [5.74, 6) is 0.0194. The molecule has 0 spiro atoms. The van der Waals surface area contributed by atoms with Gasteiger partial charge in [0.15, 0.2) is 0 Å². The summed E-state index contributed by atoms with van der Waals surface area (Å²) in [4.78, 5) is 26.1. The Morgan fingerprint density at radius 1 is 0.875 bits per heavy atom. The second-order valence-corrected chi connectivity index (χ2v) is 6.39. The fraction of sp³-hybridized carbons (Fsp3) is 0.300. The summed E-state index contributed by atoms with van der Waals surface area (Å²) < 4.78 is 0. The molecule has 1 N–H and O–H groups in total. The molecule has 0 bridgehead atoms. The van der Waals surface area contributed by atoms with Crippen LogP contribution in [-0.2, 0) is 0 Å². The molecule has 3 rings (SSSR count). The van der Waals surface area contributed by atoms with E-state index in [4.69, 9.17) is 0 Å². The first kappa shape index (κ1) is 16.4. The van der Waals surface area contributed by atoms with E-state index in [1.807, 2.05) is 18.2 Å². The van der Waals surface area contributed by atoms with Crippen molar-refractivity contribution in [2.45, 2.75) is 19.9 Å². The highest BCUT2D eigenvalue weighted by atomic mass is 16.2. The van der Waals surface area contributed by atoms with Crippen LogP contribution >= 0.6 is 0 Å². The Bertz CT molecular complexity index is 705. The van der Waals surface area contributed by atoms with E-state index in [9.17, 15) is 9.59 Å². The molecule has 124 valence electrons. The van der Waals surface area contributed by atoms with Crippen LogP contribution in [0.15, 0.2) is 54.6 Å². The maximum Gasteiger partial charge on any atom is 0.261 e. The largest absolute Gasteiger partial charge is 0.308 e. The summed E-state index contributed by atoms with van der Waals surface area (Å²) in [6.45, 7) is 5.27. The maximum atomic E-state index is 12.4. The fourth-order valence-electron chi connectivity index (χ4n) is 3.17. The van der Waals surface area contributed by atoms with Gasteiger partial charge in [0.05, 0.1) is 11.1 Å². The van der Waals surface area contributed by atoms with Crippen molar-refractivity contribution < 1.29 is 9.59 Å². The summed E-state index contributed by atoms with van der Waals surface area (Å²) >= 11 is 0. The average Bonchev–Trinajstić information content (AvgIpc) is 2.84. The van der Waals surface area contributed by atoms with Crippen molar-refractivity contribution >= 4 is 11.8 Å². The van der Waals surface area contributed by atoms with Crippen LogP contribution in [0.4, 0.5) is 0 Å². The molecular weight excluding hydrogens is 300 g/mol. The second kappa shape index (κ2) is 6.97. The van der Waals surface area contributed by atoms with Gasteiger partial charge in [0.2, 0.25) is 0 Å². The summed E-state index contributed by atoms with van der Waals surface area (Å²) in [5, 5.41) is 3.48. The Labute approximate surface area is 142 Å². The van der Waals surface area contributed by atoms with Crippen LogP contribution in [-0.4, -0.2) is 29.8 Å². The van der Waals surface area contributed by atoms with Crippen LogP contribution in [0.3, 0.4) is 0 Å². The van der Waals surface area contributed by atoms with E-state index >= 15 is 0 Å². The van der Waals surface area contributed by atoms with Crippen LogP contribution in [0.2, 0.25) is 0 Å². The smallest absolute Gasteiger partial charge is 0.261 e. The van der Waals surface area contributed by atoms with Crippen molar-refractivity contribution in [3.8, 4) is 0 Å². The number of fused-ring (bicyclic) bond motifs is 1. The van der Waals surface area contributed by atoms with Crippen LogP contribution in [0.1, 0.15) is 46.2 Å². The zero-order valence-electron chi connectivity index (χ0n) is 14.0. The number of benzene rings is 2. The molecule has 1 atom stereocenters. The summed E-state index contributed by atoms with van der Waals surface area (Å²) in [6, 6.07) is 17.4. The van der Waals surface area contributed by atoms with Gasteiger partial charge in [0.25, 0.3) is 11.8 Å². The number of carbonyl (C=O) groups is 2. The Hall–Kier alpha value is -2.46. The summed E-state index contributed by atoms with van der Waals surface area (Å²) in [7, 11) is 0. The average molecular weight is 322 g/mol. The number of rotatable bonds is 6. The van der Waals surface area contributed by atoms with Gasteiger partial charge in [-0.1, -0.05) is 56.3 Å². The van der Waals surface area contributed by atoms with E-state index < -0.39 is 0 Å². The zero-order valence-corrected chi connectivity index (χ0v) is 14.0. The van der Waals surface area contributed by atoms with Gasteiger partial charge in [0, 0.05) is 19.1 Å². The summed E-state index contributed by atoms with van der Waals surface area (Å²) in [5.41, 5.74) is 2.23. The topological polar surface area (TPSA) is 49.4 Å². The highest BCUT2D eigenvalue weighted by Gasteiger charge is 2.34. The predicted octanol–water partition coefficient (Wildman–Crippen LogP) is 3.27. The third kappa shape index (κ3) is 3.10. The van der Waals surface area contributed by atoms with Gasteiger partial charge in [-0.25, -0.2) is 0 Å². The molecule has 0 unspecified atom stereocenters. The lowest BCUT2D eigenvalue weighted by Gasteiger charge is -2.24. The van der Waals surface area contributed by atoms with Gasteiger partial charge in [-0.2, -0.15) is 0 Å². The molecule has 0 aromatic heterocycles. The van der Waals surface area contributed by atoms with Crippen molar-refractivity contribution in [3.05, 3.63) is 71.3 Å². The standard InChI is InChI=1S/C20H22N2O2/c1-14(2)18(15-8-4-3-5-9-15)21-12-13-22-19(23)16-10-6-7-11-17(16)20(22)24/h3-11,14,18,21H,12-13H2,1-2H3/t18-/m1/s1. The molecule has 0 aliphatic carbocycles. The number of imide groups is 1. The number of nitrogens with zero attached hydrogens (tertiary/aromatic N) is 1. The molecular formula is C20H22N2O2. The number of hydrogen-bond acceptors (Lipinski definition) is 3. The first-order valence-corrected chi connectivity index (χ1v) is 8.33. The fourth-order valence-corrected chi connectivity index (χ4v) is 3.17. The second-order valence-electron chi connectivity index (χ2n) is 6.39. The predicted molar refractivity (Wildman–Crippen MR) is 93.8 cm³/mol. The minimum absolute atomic E-state index is 0.196.